The molecule has 0 aliphatic heterocycles. The smallest absolute Gasteiger partial charge is 0.457 e. The van der Waals surface area contributed by atoms with Crippen LogP contribution in [-0.2, 0) is 27.9 Å². The van der Waals surface area contributed by atoms with E-state index in [-0.39, 0.29) is 13.0 Å². The molecule has 0 aromatic heterocycles. The molecule has 0 spiro atoms. The van der Waals surface area contributed by atoms with Crippen LogP contribution in [0.25, 0.3) is 0 Å². The molecule has 1 aliphatic rings. The van der Waals surface area contributed by atoms with Crippen LogP contribution in [0, 0.1) is 0 Å². The number of hydrogen-bond donors (Lipinski definition) is 6. The molecule has 0 aromatic rings. The molecule has 13 heteroatoms. The molecule has 1 rings (SSSR count). The van der Waals surface area contributed by atoms with Gasteiger partial charge < -0.3 is 39.9 Å². The lowest BCUT2D eigenvalue weighted by Crippen LogP contribution is -2.64. The van der Waals surface area contributed by atoms with Gasteiger partial charge in [0.2, 0.25) is 0 Å². The average molecular weight is 971 g/mol. The average Bonchev–Trinajstić information content (AvgIpc) is 3.32. The molecule has 1 fully saturated rings. The number of carbonyl (C=O) groups is 1. The number of ether oxygens (including phenoxy) is 2. The van der Waals surface area contributed by atoms with Crippen molar-refractivity contribution in [2.75, 3.05) is 19.8 Å². The van der Waals surface area contributed by atoms with E-state index in [1.165, 1.54) is 0 Å². The van der Waals surface area contributed by atoms with E-state index in [9.17, 15) is 39.8 Å². The van der Waals surface area contributed by atoms with Crippen molar-refractivity contribution >= 4 is 13.8 Å². The Hall–Kier alpha value is -3.52. The molecule has 0 heterocycles. The molecular weight excluding hydrogens is 884 g/mol. The van der Waals surface area contributed by atoms with Crippen LogP contribution in [0.5, 0.6) is 0 Å². The fourth-order valence-corrected chi connectivity index (χ4v) is 7.60. The van der Waals surface area contributed by atoms with Gasteiger partial charge in [0, 0.05) is 13.0 Å². The van der Waals surface area contributed by atoms with Gasteiger partial charge in [-0.2, -0.15) is 0 Å². The number of rotatable bonds is 40. The maximum atomic E-state index is 12.8. The normalized spacial score (nSPS) is 22.3. The number of hydrogen-bond acceptors (Lipinski definition) is 11. The molecular formula is C55H87O12P. The topological polar surface area (TPSA) is 192 Å². The molecule has 0 aromatic carbocycles. The first-order chi connectivity index (χ1) is 33.0. The van der Waals surface area contributed by atoms with Gasteiger partial charge in [0.05, 0.1) is 13.2 Å². The SMILES string of the molecule is CC/C=C\C/C=C\C/C=C\C/C=C\C/C=C\C/C=C\CCCCCCCOCC(COP(=O)(O)OC1C(O)C(O)C(O)C(O)C1O)OC(=O)CCC/C=C\C/C=C\C/C=C\C/C=C\C/C=C\CC. The number of carbonyl (C=O) groups excluding carboxylic acids is 1. The zero-order valence-electron chi connectivity index (χ0n) is 41.1. The molecule has 1 aliphatic carbocycles. The zero-order valence-corrected chi connectivity index (χ0v) is 42.0. The Balaban J connectivity index is 2.42. The first-order valence-electron chi connectivity index (χ1n) is 25.0. The summed E-state index contributed by atoms with van der Waals surface area (Å²) in [6.45, 7) is 3.90. The predicted molar refractivity (Wildman–Crippen MR) is 276 cm³/mol. The van der Waals surface area contributed by atoms with Gasteiger partial charge in [-0.05, 0) is 103 Å². The molecule has 0 amide bonds. The van der Waals surface area contributed by atoms with Gasteiger partial charge in [-0.25, -0.2) is 4.57 Å². The quantitative estimate of drug-likeness (QED) is 0.0148. The highest BCUT2D eigenvalue weighted by Crippen LogP contribution is 2.47. The monoisotopic (exact) mass is 971 g/mol. The van der Waals surface area contributed by atoms with E-state index in [1.54, 1.807) is 0 Å². The van der Waals surface area contributed by atoms with Gasteiger partial charge in [0.15, 0.2) is 0 Å². The van der Waals surface area contributed by atoms with E-state index in [0.29, 0.717) is 19.4 Å². The molecule has 0 bridgehead atoms. The van der Waals surface area contributed by atoms with E-state index < -0.39 is 63.1 Å². The van der Waals surface area contributed by atoms with Gasteiger partial charge in [0.1, 0.15) is 42.7 Å². The van der Waals surface area contributed by atoms with Crippen molar-refractivity contribution in [3.63, 3.8) is 0 Å². The molecule has 384 valence electrons. The second-order valence-corrected chi connectivity index (χ2v) is 18.0. The van der Waals surface area contributed by atoms with Gasteiger partial charge >= 0.3 is 13.8 Å². The Labute approximate surface area is 409 Å². The summed E-state index contributed by atoms with van der Waals surface area (Å²) in [4.78, 5) is 23.2. The maximum Gasteiger partial charge on any atom is 0.472 e. The lowest BCUT2D eigenvalue weighted by molar-refractivity contribution is -0.220. The summed E-state index contributed by atoms with van der Waals surface area (Å²) in [5, 5.41) is 50.3. The third-order valence-electron chi connectivity index (χ3n) is 10.5. The van der Waals surface area contributed by atoms with E-state index >= 15 is 0 Å². The number of phosphoric ester groups is 1. The van der Waals surface area contributed by atoms with Crippen molar-refractivity contribution in [1.29, 1.82) is 0 Å². The second kappa shape index (κ2) is 43.5. The molecule has 6 N–H and O–H groups in total. The molecule has 0 saturated heterocycles. The van der Waals surface area contributed by atoms with Crippen LogP contribution in [0.4, 0.5) is 0 Å². The Morgan fingerprint density at radius 3 is 1.25 bits per heavy atom. The minimum Gasteiger partial charge on any atom is -0.457 e. The number of aliphatic hydroxyl groups is 5. The summed E-state index contributed by atoms with van der Waals surface area (Å²) < 4.78 is 34.2. The fourth-order valence-electron chi connectivity index (χ4n) is 6.63. The van der Waals surface area contributed by atoms with Crippen molar-refractivity contribution in [2.24, 2.45) is 0 Å². The van der Waals surface area contributed by atoms with Crippen molar-refractivity contribution < 1.29 is 58.3 Å². The summed E-state index contributed by atoms with van der Waals surface area (Å²) in [6, 6.07) is 0. The highest BCUT2D eigenvalue weighted by atomic mass is 31.2. The highest BCUT2D eigenvalue weighted by Gasteiger charge is 2.51. The fraction of sp³-hybridized carbons (Fsp3) is 0.582. The Bertz CT molecular complexity index is 1620. The zero-order chi connectivity index (χ0) is 49.8. The second-order valence-electron chi connectivity index (χ2n) is 16.5. The number of aliphatic hydroxyl groups excluding tert-OH is 5. The van der Waals surface area contributed by atoms with Gasteiger partial charge in [-0.15, -0.1) is 0 Å². The lowest BCUT2D eigenvalue weighted by atomic mass is 9.85. The number of esters is 1. The van der Waals surface area contributed by atoms with Gasteiger partial charge in [0.25, 0.3) is 0 Å². The number of phosphoric acid groups is 1. The van der Waals surface area contributed by atoms with Crippen molar-refractivity contribution in [2.45, 2.75) is 185 Å². The number of allylic oxidation sites excluding steroid dienone is 22. The van der Waals surface area contributed by atoms with Crippen molar-refractivity contribution in [3.05, 3.63) is 134 Å². The third-order valence-corrected chi connectivity index (χ3v) is 11.5. The van der Waals surface area contributed by atoms with E-state index in [0.717, 1.165) is 109 Å². The maximum absolute atomic E-state index is 12.8. The molecule has 1 saturated carbocycles. The Morgan fingerprint density at radius 1 is 0.471 bits per heavy atom. The molecule has 68 heavy (non-hydrogen) atoms. The van der Waals surface area contributed by atoms with E-state index in [4.69, 9.17) is 18.5 Å². The van der Waals surface area contributed by atoms with Gasteiger partial charge in [-0.1, -0.05) is 167 Å². The van der Waals surface area contributed by atoms with Crippen LogP contribution >= 0.6 is 7.82 Å². The van der Waals surface area contributed by atoms with Crippen LogP contribution in [0.15, 0.2) is 134 Å². The third kappa shape index (κ3) is 34.7. The van der Waals surface area contributed by atoms with E-state index in [1.807, 2.05) is 12.2 Å². The standard InChI is InChI=1S/C55H87O12P/c1-3-5-7-9-11-13-15-17-19-21-22-23-24-25-26-27-29-31-33-35-37-39-41-43-45-64-46-48(47-65-68(62,63)67-55-53(60)51(58)50(57)52(59)54(55)61)66-49(56)44-42-40-38-36-34-32-30-28-20-18-16-14-12-10-8-6-4-2/h5-8,11-14,17-20,22-23,25-26,29-32,36,38,48,50-55,57-61H,3-4,9-10,15-16,21,24,27-28,33-35,37,39-47H2,1-2H3,(H,62,63)/b7-5-,8-6-,13-11-,14-12-,19-17-,20-18-,23-22-,26-25-,31-29-,32-30-,38-36-. The summed E-state index contributed by atoms with van der Waals surface area (Å²) in [5.74, 6) is -0.548. The highest BCUT2D eigenvalue weighted by molar-refractivity contribution is 7.47. The summed E-state index contributed by atoms with van der Waals surface area (Å²) >= 11 is 0. The van der Waals surface area contributed by atoms with Crippen LogP contribution in [0.2, 0.25) is 0 Å². The first kappa shape index (κ1) is 62.5. The van der Waals surface area contributed by atoms with Crippen LogP contribution in [-0.4, -0.2) is 98.9 Å². The molecule has 6 unspecified atom stereocenters. The first-order valence-corrected chi connectivity index (χ1v) is 26.5. The Kier molecular flexibility index (Phi) is 40.0. The predicted octanol–water partition coefficient (Wildman–Crippen LogP) is 11.2. The van der Waals surface area contributed by atoms with Crippen LogP contribution < -0.4 is 0 Å². The molecule has 0 radical (unpaired) electrons. The van der Waals surface area contributed by atoms with Crippen LogP contribution in [0.3, 0.4) is 0 Å². The molecule has 12 nitrogen and oxygen atoms in total. The summed E-state index contributed by atoms with van der Waals surface area (Å²) in [7, 11) is -5.06. The molecule has 6 atom stereocenters. The Morgan fingerprint density at radius 2 is 0.824 bits per heavy atom. The van der Waals surface area contributed by atoms with Crippen molar-refractivity contribution in [3.8, 4) is 0 Å². The largest absolute Gasteiger partial charge is 0.472 e. The minimum absolute atomic E-state index is 0.0925. The van der Waals surface area contributed by atoms with Crippen LogP contribution in [0.1, 0.15) is 142 Å². The minimum atomic E-state index is -5.06. The number of unbranched alkanes of at least 4 members (excludes halogenated alkanes) is 6. The van der Waals surface area contributed by atoms with Crippen molar-refractivity contribution in [1.82, 2.24) is 0 Å². The van der Waals surface area contributed by atoms with E-state index in [2.05, 4.69) is 135 Å². The summed E-state index contributed by atoms with van der Waals surface area (Å²) in [6.07, 6.45) is 52.4. The summed E-state index contributed by atoms with van der Waals surface area (Å²) in [5.41, 5.74) is 0. The lowest BCUT2D eigenvalue weighted by Gasteiger charge is -2.41. The van der Waals surface area contributed by atoms with Gasteiger partial charge in [-0.3, -0.25) is 13.8 Å².